The maximum Gasteiger partial charge on any atom is 0.393 e. The molecule has 0 atom stereocenters. The van der Waals surface area contributed by atoms with Crippen molar-refractivity contribution >= 4 is 0 Å². The third-order valence-corrected chi connectivity index (χ3v) is 1.73. The van der Waals surface area contributed by atoms with Gasteiger partial charge in [0.25, 0.3) is 0 Å². The Morgan fingerprint density at radius 2 is 1.64 bits per heavy atom. The molecule has 0 amide bonds. The lowest BCUT2D eigenvalue weighted by atomic mass is 9.87. The SMILES string of the molecule is CC(C)(CCCO)C(F)(F)F. The van der Waals surface area contributed by atoms with Crippen LogP contribution in [0.3, 0.4) is 0 Å². The number of rotatable bonds is 3. The van der Waals surface area contributed by atoms with Gasteiger partial charge in [0.15, 0.2) is 0 Å². The van der Waals surface area contributed by atoms with Crippen molar-refractivity contribution in [1.29, 1.82) is 0 Å². The van der Waals surface area contributed by atoms with Gasteiger partial charge in [0, 0.05) is 6.61 Å². The van der Waals surface area contributed by atoms with Crippen molar-refractivity contribution in [3.8, 4) is 0 Å². The van der Waals surface area contributed by atoms with Crippen LogP contribution in [0.4, 0.5) is 13.2 Å². The van der Waals surface area contributed by atoms with Gasteiger partial charge in [0.05, 0.1) is 5.41 Å². The van der Waals surface area contributed by atoms with E-state index in [1.807, 2.05) is 0 Å². The normalized spacial score (nSPS) is 13.6. The zero-order valence-electron chi connectivity index (χ0n) is 6.70. The maximum atomic E-state index is 12.1. The number of aliphatic hydroxyl groups is 1. The van der Waals surface area contributed by atoms with Gasteiger partial charge in [-0.2, -0.15) is 13.2 Å². The van der Waals surface area contributed by atoms with Gasteiger partial charge in [-0.15, -0.1) is 0 Å². The van der Waals surface area contributed by atoms with E-state index >= 15 is 0 Å². The van der Waals surface area contributed by atoms with E-state index in [-0.39, 0.29) is 19.4 Å². The summed E-state index contributed by atoms with van der Waals surface area (Å²) in [6.45, 7) is 2.10. The van der Waals surface area contributed by atoms with Crippen LogP contribution in [0.1, 0.15) is 26.7 Å². The van der Waals surface area contributed by atoms with Gasteiger partial charge in [-0.1, -0.05) is 13.8 Å². The summed E-state index contributed by atoms with van der Waals surface area (Å²) in [5.41, 5.74) is -1.67. The Morgan fingerprint density at radius 1 is 1.18 bits per heavy atom. The van der Waals surface area contributed by atoms with Crippen molar-refractivity contribution in [2.24, 2.45) is 5.41 Å². The van der Waals surface area contributed by atoms with E-state index in [0.717, 1.165) is 13.8 Å². The van der Waals surface area contributed by atoms with E-state index in [2.05, 4.69) is 0 Å². The fourth-order valence-electron chi connectivity index (χ4n) is 0.663. The first kappa shape index (κ1) is 10.8. The van der Waals surface area contributed by atoms with Crippen molar-refractivity contribution < 1.29 is 18.3 Å². The molecule has 0 spiro atoms. The minimum atomic E-state index is -4.16. The third kappa shape index (κ3) is 3.10. The highest BCUT2D eigenvalue weighted by atomic mass is 19.4. The minimum Gasteiger partial charge on any atom is -0.396 e. The molecule has 0 heterocycles. The lowest BCUT2D eigenvalue weighted by Crippen LogP contribution is -2.32. The minimum absolute atomic E-state index is 0.0208. The summed E-state index contributed by atoms with van der Waals surface area (Å²) in [4.78, 5) is 0. The molecule has 0 aliphatic carbocycles. The Bertz CT molecular complexity index is 117. The highest BCUT2D eigenvalue weighted by Gasteiger charge is 2.46. The van der Waals surface area contributed by atoms with Crippen LogP contribution >= 0.6 is 0 Å². The molecule has 1 N–H and O–H groups in total. The molecule has 1 nitrogen and oxygen atoms in total. The number of halogens is 3. The fourth-order valence-corrected chi connectivity index (χ4v) is 0.663. The monoisotopic (exact) mass is 170 g/mol. The van der Waals surface area contributed by atoms with Gasteiger partial charge in [-0.3, -0.25) is 0 Å². The first-order valence-electron chi connectivity index (χ1n) is 3.49. The summed E-state index contributed by atoms with van der Waals surface area (Å²) in [7, 11) is 0. The van der Waals surface area contributed by atoms with Crippen molar-refractivity contribution in [1.82, 2.24) is 0 Å². The number of hydrogen-bond acceptors (Lipinski definition) is 1. The van der Waals surface area contributed by atoms with Gasteiger partial charge in [-0.05, 0) is 12.8 Å². The zero-order valence-corrected chi connectivity index (χ0v) is 6.70. The van der Waals surface area contributed by atoms with Crippen LogP contribution in [0.15, 0.2) is 0 Å². The average Bonchev–Trinajstić information content (AvgIpc) is 1.81. The summed E-state index contributed by atoms with van der Waals surface area (Å²) in [6, 6.07) is 0. The molecule has 0 aliphatic rings. The summed E-state index contributed by atoms with van der Waals surface area (Å²) >= 11 is 0. The second kappa shape index (κ2) is 3.43. The second-order valence-corrected chi connectivity index (χ2v) is 3.21. The van der Waals surface area contributed by atoms with Crippen molar-refractivity contribution in [2.45, 2.75) is 32.9 Å². The number of alkyl halides is 3. The predicted octanol–water partition coefficient (Wildman–Crippen LogP) is 2.35. The third-order valence-electron chi connectivity index (χ3n) is 1.73. The van der Waals surface area contributed by atoms with Crippen molar-refractivity contribution in [2.75, 3.05) is 6.61 Å². The Kier molecular flexibility index (Phi) is 3.35. The molecule has 0 aliphatic heterocycles. The van der Waals surface area contributed by atoms with E-state index in [4.69, 9.17) is 5.11 Å². The standard InChI is InChI=1S/C7H13F3O/c1-6(2,4-3-5-11)7(8,9)10/h11H,3-5H2,1-2H3. The van der Waals surface area contributed by atoms with E-state index in [9.17, 15) is 13.2 Å². The predicted molar refractivity (Wildman–Crippen MR) is 36.2 cm³/mol. The van der Waals surface area contributed by atoms with Crippen LogP contribution in [0, 0.1) is 5.41 Å². The maximum absolute atomic E-state index is 12.1. The first-order chi connectivity index (χ1) is 4.81. The lowest BCUT2D eigenvalue weighted by Gasteiger charge is -2.27. The van der Waals surface area contributed by atoms with Crippen LogP contribution in [0.5, 0.6) is 0 Å². The van der Waals surface area contributed by atoms with Gasteiger partial charge in [-0.25, -0.2) is 0 Å². The lowest BCUT2D eigenvalue weighted by molar-refractivity contribution is -0.214. The molecular weight excluding hydrogens is 157 g/mol. The van der Waals surface area contributed by atoms with E-state index in [0.29, 0.717) is 0 Å². The molecule has 0 bridgehead atoms. The fraction of sp³-hybridized carbons (Fsp3) is 1.00. The topological polar surface area (TPSA) is 20.2 Å². The highest BCUT2D eigenvalue weighted by molar-refractivity contribution is 4.76. The van der Waals surface area contributed by atoms with Crippen LogP contribution in [0.25, 0.3) is 0 Å². The van der Waals surface area contributed by atoms with Crippen LogP contribution < -0.4 is 0 Å². The van der Waals surface area contributed by atoms with Gasteiger partial charge >= 0.3 is 6.18 Å². The quantitative estimate of drug-likeness (QED) is 0.689. The molecule has 0 rings (SSSR count). The zero-order chi connectivity index (χ0) is 9.12. The van der Waals surface area contributed by atoms with Gasteiger partial charge in [0.1, 0.15) is 0 Å². The Morgan fingerprint density at radius 3 is 1.91 bits per heavy atom. The van der Waals surface area contributed by atoms with Crippen LogP contribution in [-0.2, 0) is 0 Å². The van der Waals surface area contributed by atoms with Crippen LogP contribution in [0.2, 0.25) is 0 Å². The first-order valence-corrected chi connectivity index (χ1v) is 3.49. The van der Waals surface area contributed by atoms with Crippen molar-refractivity contribution in [3.63, 3.8) is 0 Å². The largest absolute Gasteiger partial charge is 0.396 e. The molecular formula is C7H13F3O. The molecule has 0 saturated carbocycles. The molecule has 0 aromatic rings. The molecule has 0 fully saturated rings. The highest BCUT2D eigenvalue weighted by Crippen LogP contribution is 2.40. The molecule has 0 aromatic carbocycles. The summed E-state index contributed by atoms with van der Waals surface area (Å²) < 4.78 is 36.2. The van der Waals surface area contributed by atoms with E-state index in [1.165, 1.54) is 0 Å². The molecule has 4 heteroatoms. The summed E-state index contributed by atoms with van der Waals surface area (Å²) in [6.07, 6.45) is -3.98. The second-order valence-electron chi connectivity index (χ2n) is 3.21. The Balaban J connectivity index is 4.00. The van der Waals surface area contributed by atoms with E-state index < -0.39 is 11.6 Å². The average molecular weight is 170 g/mol. The summed E-state index contributed by atoms with van der Waals surface area (Å²) in [5.74, 6) is 0. The molecule has 11 heavy (non-hydrogen) atoms. The molecule has 0 saturated heterocycles. The van der Waals surface area contributed by atoms with E-state index in [1.54, 1.807) is 0 Å². The number of hydrogen-bond donors (Lipinski definition) is 1. The van der Waals surface area contributed by atoms with Gasteiger partial charge < -0.3 is 5.11 Å². The molecule has 68 valence electrons. The van der Waals surface area contributed by atoms with Gasteiger partial charge in [0.2, 0.25) is 0 Å². The molecule has 0 unspecified atom stereocenters. The Hall–Kier alpha value is -0.250. The number of aliphatic hydroxyl groups excluding tert-OH is 1. The van der Waals surface area contributed by atoms with Crippen molar-refractivity contribution in [3.05, 3.63) is 0 Å². The smallest absolute Gasteiger partial charge is 0.393 e. The van der Waals surface area contributed by atoms with Crippen LogP contribution in [-0.4, -0.2) is 17.9 Å². The molecule has 0 radical (unpaired) electrons. The summed E-state index contributed by atoms with van der Waals surface area (Å²) in [5, 5.41) is 8.33. The Labute approximate surface area is 64.2 Å². The molecule has 0 aromatic heterocycles.